The Balaban J connectivity index is 1.74. The molecule has 0 unspecified atom stereocenters. The molecule has 0 aliphatic carbocycles. The van der Waals surface area contributed by atoms with Gasteiger partial charge in [-0.25, -0.2) is 0 Å². The quantitative estimate of drug-likeness (QED) is 0.827. The molecule has 1 aromatic carbocycles. The Labute approximate surface area is 132 Å². The van der Waals surface area contributed by atoms with Gasteiger partial charge in [0.15, 0.2) is 0 Å². The lowest BCUT2D eigenvalue weighted by atomic mass is 10.2. The molecule has 2 aromatic rings. The van der Waals surface area contributed by atoms with Crippen molar-refractivity contribution < 1.29 is 4.74 Å². The summed E-state index contributed by atoms with van der Waals surface area (Å²) in [4.78, 5) is 2.25. The summed E-state index contributed by atoms with van der Waals surface area (Å²) in [5.74, 6) is 0.889. The van der Waals surface area contributed by atoms with E-state index < -0.39 is 0 Å². The van der Waals surface area contributed by atoms with E-state index in [1.165, 1.54) is 9.35 Å². The van der Waals surface area contributed by atoms with Crippen LogP contribution in [0.5, 0.6) is 5.75 Å². The van der Waals surface area contributed by atoms with Crippen LogP contribution in [0.15, 0.2) is 39.5 Å². The van der Waals surface area contributed by atoms with Gasteiger partial charge in [-0.3, -0.25) is 4.90 Å². The van der Waals surface area contributed by atoms with Gasteiger partial charge in [-0.05, 0) is 57.7 Å². The Morgan fingerprint density at radius 2 is 2.15 bits per heavy atom. The molecule has 0 saturated carbocycles. The lowest BCUT2D eigenvalue weighted by Gasteiger charge is -2.16. The van der Waals surface area contributed by atoms with Gasteiger partial charge in [0.1, 0.15) is 12.4 Å². The first-order valence-electron chi connectivity index (χ1n) is 6.50. The normalized spacial score (nSPS) is 11.0. The molecule has 3 nitrogen and oxygen atoms in total. The van der Waals surface area contributed by atoms with Gasteiger partial charge in [0, 0.05) is 19.6 Å². The zero-order chi connectivity index (χ0) is 14.4. The predicted octanol–water partition coefficient (Wildman–Crippen LogP) is 3.48. The number of benzene rings is 1. The van der Waals surface area contributed by atoms with Crippen LogP contribution in [0.25, 0.3) is 0 Å². The summed E-state index contributed by atoms with van der Waals surface area (Å²) in [5, 5.41) is 2.17. The molecule has 0 atom stereocenters. The van der Waals surface area contributed by atoms with E-state index in [9.17, 15) is 0 Å². The highest BCUT2D eigenvalue weighted by Gasteiger charge is 2.03. The molecule has 5 heteroatoms. The lowest BCUT2D eigenvalue weighted by Crippen LogP contribution is -2.23. The van der Waals surface area contributed by atoms with Gasteiger partial charge < -0.3 is 10.5 Å². The largest absolute Gasteiger partial charge is 0.492 e. The van der Waals surface area contributed by atoms with Crippen LogP contribution in [0.2, 0.25) is 0 Å². The molecule has 0 bridgehead atoms. The molecule has 1 heterocycles. The van der Waals surface area contributed by atoms with Gasteiger partial charge in [0.05, 0.1) is 3.79 Å². The summed E-state index contributed by atoms with van der Waals surface area (Å²) in [6, 6.07) is 10.1. The van der Waals surface area contributed by atoms with E-state index in [0.29, 0.717) is 13.2 Å². The Morgan fingerprint density at radius 1 is 1.30 bits per heavy atom. The number of hydrogen-bond acceptors (Lipinski definition) is 4. The van der Waals surface area contributed by atoms with E-state index in [-0.39, 0.29) is 0 Å². The SMILES string of the molecule is CN(CCOc1cccc(CN)c1)Cc1csc(Br)c1. The van der Waals surface area contributed by atoms with Crippen LogP contribution >= 0.6 is 27.3 Å². The number of likely N-dealkylation sites (N-methyl/N-ethyl adjacent to an activating group) is 1. The molecule has 0 aliphatic heterocycles. The molecule has 20 heavy (non-hydrogen) atoms. The van der Waals surface area contributed by atoms with Gasteiger partial charge in [-0.1, -0.05) is 12.1 Å². The molecule has 1 aromatic heterocycles. The molecule has 108 valence electrons. The van der Waals surface area contributed by atoms with Crippen LogP contribution in [-0.4, -0.2) is 25.1 Å². The smallest absolute Gasteiger partial charge is 0.119 e. The van der Waals surface area contributed by atoms with Crippen molar-refractivity contribution in [1.29, 1.82) is 0 Å². The Hall–Kier alpha value is -0.880. The van der Waals surface area contributed by atoms with E-state index in [0.717, 1.165) is 24.4 Å². The summed E-state index contributed by atoms with van der Waals surface area (Å²) >= 11 is 5.20. The highest BCUT2D eigenvalue weighted by Crippen LogP contribution is 2.21. The molecule has 2 N–H and O–H groups in total. The highest BCUT2D eigenvalue weighted by atomic mass is 79.9. The third kappa shape index (κ3) is 4.90. The number of nitrogens with zero attached hydrogens (tertiary/aromatic N) is 1. The van der Waals surface area contributed by atoms with E-state index in [2.05, 4.69) is 39.3 Å². The van der Waals surface area contributed by atoms with E-state index in [1.54, 1.807) is 11.3 Å². The van der Waals surface area contributed by atoms with Crippen LogP contribution in [0.4, 0.5) is 0 Å². The van der Waals surface area contributed by atoms with E-state index in [4.69, 9.17) is 10.5 Å². The van der Waals surface area contributed by atoms with Gasteiger partial charge >= 0.3 is 0 Å². The summed E-state index contributed by atoms with van der Waals surface area (Å²) in [6.45, 7) is 3.05. The summed E-state index contributed by atoms with van der Waals surface area (Å²) in [6.07, 6.45) is 0. The van der Waals surface area contributed by atoms with Crippen molar-refractivity contribution in [1.82, 2.24) is 4.90 Å². The Morgan fingerprint density at radius 3 is 2.85 bits per heavy atom. The van der Waals surface area contributed by atoms with Crippen LogP contribution in [0.3, 0.4) is 0 Å². The van der Waals surface area contributed by atoms with Crippen molar-refractivity contribution in [2.45, 2.75) is 13.1 Å². The zero-order valence-electron chi connectivity index (χ0n) is 11.5. The molecule has 0 spiro atoms. The third-order valence-corrected chi connectivity index (χ3v) is 4.50. The van der Waals surface area contributed by atoms with Crippen molar-refractivity contribution in [2.75, 3.05) is 20.2 Å². The van der Waals surface area contributed by atoms with Crippen LogP contribution in [-0.2, 0) is 13.1 Å². The summed E-state index contributed by atoms with van der Waals surface area (Å²) < 4.78 is 6.93. The van der Waals surface area contributed by atoms with Crippen molar-refractivity contribution in [3.63, 3.8) is 0 Å². The molecular formula is C15H19BrN2OS. The standard InChI is InChI=1S/C15H19BrN2OS/c1-18(10-13-8-15(16)20-11-13)5-6-19-14-4-2-3-12(7-14)9-17/h2-4,7-8,11H,5-6,9-10,17H2,1H3. The van der Waals surface area contributed by atoms with E-state index >= 15 is 0 Å². The fourth-order valence-corrected chi connectivity index (χ4v) is 3.10. The number of halogens is 1. The van der Waals surface area contributed by atoms with Gasteiger partial charge in [-0.15, -0.1) is 11.3 Å². The highest BCUT2D eigenvalue weighted by molar-refractivity contribution is 9.11. The average Bonchev–Trinajstić information content (AvgIpc) is 2.84. The minimum absolute atomic E-state index is 0.546. The number of nitrogens with two attached hydrogens (primary N) is 1. The number of thiophene rings is 1. The van der Waals surface area contributed by atoms with Gasteiger partial charge in [0.25, 0.3) is 0 Å². The first-order valence-corrected chi connectivity index (χ1v) is 8.18. The summed E-state index contributed by atoms with van der Waals surface area (Å²) in [5.41, 5.74) is 8.04. The summed E-state index contributed by atoms with van der Waals surface area (Å²) in [7, 11) is 2.10. The molecule has 0 fully saturated rings. The Kier molecular flexibility index (Phi) is 6.04. The Bertz CT molecular complexity index is 544. The second kappa shape index (κ2) is 7.78. The molecule has 0 amide bonds. The first kappa shape index (κ1) is 15.5. The fourth-order valence-electron chi connectivity index (χ4n) is 1.90. The second-order valence-electron chi connectivity index (χ2n) is 4.70. The maximum absolute atomic E-state index is 5.76. The molecular weight excluding hydrogens is 336 g/mol. The topological polar surface area (TPSA) is 38.5 Å². The number of rotatable bonds is 7. The molecule has 0 aliphatic rings. The van der Waals surface area contributed by atoms with Crippen molar-refractivity contribution in [3.05, 3.63) is 50.6 Å². The second-order valence-corrected chi connectivity index (χ2v) is 6.99. The van der Waals surface area contributed by atoms with Gasteiger partial charge in [-0.2, -0.15) is 0 Å². The predicted molar refractivity (Wildman–Crippen MR) is 88.2 cm³/mol. The number of hydrogen-bond donors (Lipinski definition) is 1. The maximum atomic E-state index is 5.76. The zero-order valence-corrected chi connectivity index (χ0v) is 13.9. The van der Waals surface area contributed by atoms with Gasteiger partial charge in [0.2, 0.25) is 0 Å². The van der Waals surface area contributed by atoms with E-state index in [1.807, 2.05) is 24.3 Å². The first-order chi connectivity index (χ1) is 9.67. The molecule has 0 radical (unpaired) electrons. The maximum Gasteiger partial charge on any atom is 0.119 e. The molecule has 0 saturated heterocycles. The monoisotopic (exact) mass is 354 g/mol. The van der Waals surface area contributed by atoms with Crippen LogP contribution in [0.1, 0.15) is 11.1 Å². The molecule has 2 rings (SSSR count). The lowest BCUT2D eigenvalue weighted by molar-refractivity contribution is 0.233. The third-order valence-electron chi connectivity index (χ3n) is 2.95. The minimum Gasteiger partial charge on any atom is -0.492 e. The van der Waals surface area contributed by atoms with Crippen molar-refractivity contribution >= 4 is 27.3 Å². The van der Waals surface area contributed by atoms with Crippen molar-refractivity contribution in [3.8, 4) is 5.75 Å². The van der Waals surface area contributed by atoms with Crippen molar-refractivity contribution in [2.24, 2.45) is 5.73 Å². The minimum atomic E-state index is 0.546. The fraction of sp³-hybridized carbons (Fsp3) is 0.333. The van der Waals surface area contributed by atoms with Crippen LogP contribution < -0.4 is 10.5 Å². The average molecular weight is 355 g/mol. The number of ether oxygens (including phenoxy) is 1. The van der Waals surface area contributed by atoms with Crippen LogP contribution in [0, 0.1) is 0 Å².